The van der Waals surface area contributed by atoms with Gasteiger partial charge in [0.15, 0.2) is 0 Å². The van der Waals surface area contributed by atoms with Crippen molar-refractivity contribution in [2.75, 3.05) is 20.3 Å². The zero-order valence-electron chi connectivity index (χ0n) is 9.96. The molecule has 0 saturated carbocycles. The molecule has 0 aliphatic rings. The molecule has 1 atom stereocenters. The van der Waals surface area contributed by atoms with Crippen molar-refractivity contribution in [3.8, 4) is 0 Å². The van der Waals surface area contributed by atoms with Gasteiger partial charge in [0, 0.05) is 24.1 Å². The highest BCUT2D eigenvalue weighted by Crippen LogP contribution is 2.22. The van der Waals surface area contributed by atoms with Crippen LogP contribution in [0.15, 0.2) is 12.1 Å². The van der Waals surface area contributed by atoms with Crippen LogP contribution in [-0.2, 0) is 11.2 Å². The number of ether oxygens (including phenoxy) is 1. The minimum absolute atomic E-state index is 0.478. The van der Waals surface area contributed by atoms with Gasteiger partial charge in [-0.25, -0.2) is 0 Å². The lowest BCUT2D eigenvalue weighted by Crippen LogP contribution is -2.28. The lowest BCUT2D eigenvalue weighted by atomic mass is 10.1. The van der Waals surface area contributed by atoms with Gasteiger partial charge in [0.2, 0.25) is 0 Å². The second-order valence-corrected chi connectivity index (χ2v) is 5.60. The van der Waals surface area contributed by atoms with Crippen LogP contribution in [0.3, 0.4) is 0 Å². The molecular weight excluding hydrogens is 242 g/mol. The van der Waals surface area contributed by atoms with Crippen LogP contribution in [0.2, 0.25) is 4.34 Å². The summed E-state index contributed by atoms with van der Waals surface area (Å²) in [7, 11) is 2.00. The Morgan fingerprint density at radius 3 is 2.81 bits per heavy atom. The minimum Gasteiger partial charge on any atom is -0.381 e. The molecule has 0 saturated heterocycles. The van der Waals surface area contributed by atoms with Gasteiger partial charge in [-0.05, 0) is 38.4 Å². The number of rotatable bonds is 8. The SMILES string of the molecule is CCCOCCC(Cc1ccc(Cl)s1)NC. The van der Waals surface area contributed by atoms with Crippen LogP contribution in [0.1, 0.15) is 24.6 Å². The number of hydrogen-bond donors (Lipinski definition) is 1. The van der Waals surface area contributed by atoms with Gasteiger partial charge in [-0.2, -0.15) is 0 Å². The second kappa shape index (κ2) is 8.07. The number of hydrogen-bond acceptors (Lipinski definition) is 3. The van der Waals surface area contributed by atoms with Crippen molar-refractivity contribution >= 4 is 22.9 Å². The molecule has 0 aromatic carbocycles. The average Bonchev–Trinajstić information content (AvgIpc) is 2.68. The van der Waals surface area contributed by atoms with Gasteiger partial charge in [-0.1, -0.05) is 18.5 Å². The summed E-state index contributed by atoms with van der Waals surface area (Å²) in [4.78, 5) is 1.33. The Balaban J connectivity index is 2.26. The van der Waals surface area contributed by atoms with Crippen molar-refractivity contribution in [1.82, 2.24) is 5.32 Å². The maximum Gasteiger partial charge on any atom is 0.0931 e. The third-order valence-corrected chi connectivity index (χ3v) is 3.70. The van der Waals surface area contributed by atoms with E-state index in [2.05, 4.69) is 18.3 Å². The highest BCUT2D eigenvalue weighted by molar-refractivity contribution is 7.16. The first-order chi connectivity index (χ1) is 7.76. The summed E-state index contributed by atoms with van der Waals surface area (Å²) in [5, 5.41) is 3.32. The second-order valence-electron chi connectivity index (χ2n) is 3.80. The fourth-order valence-corrected chi connectivity index (χ4v) is 2.69. The van der Waals surface area contributed by atoms with Gasteiger partial charge in [-0.15, -0.1) is 11.3 Å². The fraction of sp³-hybridized carbons (Fsp3) is 0.667. The third kappa shape index (κ3) is 5.30. The minimum atomic E-state index is 0.478. The van der Waals surface area contributed by atoms with Crippen LogP contribution in [0.5, 0.6) is 0 Å². The average molecular weight is 262 g/mol. The number of thiophene rings is 1. The van der Waals surface area contributed by atoms with Crippen LogP contribution in [-0.4, -0.2) is 26.3 Å². The van der Waals surface area contributed by atoms with E-state index in [0.717, 1.165) is 36.8 Å². The van der Waals surface area contributed by atoms with Crippen molar-refractivity contribution in [1.29, 1.82) is 0 Å². The lowest BCUT2D eigenvalue weighted by molar-refractivity contribution is 0.125. The summed E-state index contributed by atoms with van der Waals surface area (Å²) < 4.78 is 6.36. The molecule has 1 aromatic heterocycles. The summed E-state index contributed by atoms with van der Waals surface area (Å²) in [5.74, 6) is 0. The molecule has 16 heavy (non-hydrogen) atoms. The molecule has 1 N–H and O–H groups in total. The zero-order valence-corrected chi connectivity index (χ0v) is 11.5. The van der Waals surface area contributed by atoms with E-state index in [0.29, 0.717) is 6.04 Å². The Kier molecular flexibility index (Phi) is 7.05. The first kappa shape index (κ1) is 14.0. The van der Waals surface area contributed by atoms with Gasteiger partial charge in [0.1, 0.15) is 0 Å². The van der Waals surface area contributed by atoms with Crippen LogP contribution >= 0.6 is 22.9 Å². The normalized spacial score (nSPS) is 12.9. The first-order valence-electron chi connectivity index (χ1n) is 5.75. The lowest BCUT2D eigenvalue weighted by Gasteiger charge is -2.15. The number of nitrogens with one attached hydrogen (secondary N) is 1. The molecule has 1 aromatic rings. The maximum atomic E-state index is 5.91. The van der Waals surface area contributed by atoms with Crippen LogP contribution in [0, 0.1) is 0 Å². The first-order valence-corrected chi connectivity index (χ1v) is 6.95. The molecule has 1 heterocycles. The van der Waals surface area contributed by atoms with Gasteiger partial charge in [0.05, 0.1) is 4.34 Å². The van der Waals surface area contributed by atoms with Crippen molar-refractivity contribution in [3.63, 3.8) is 0 Å². The van der Waals surface area contributed by atoms with Crippen LogP contribution < -0.4 is 5.32 Å². The molecule has 1 unspecified atom stereocenters. The van der Waals surface area contributed by atoms with Crippen molar-refractivity contribution in [2.45, 2.75) is 32.2 Å². The predicted molar refractivity (Wildman–Crippen MR) is 71.6 cm³/mol. The van der Waals surface area contributed by atoms with E-state index in [-0.39, 0.29) is 0 Å². The highest BCUT2D eigenvalue weighted by atomic mass is 35.5. The summed E-state index contributed by atoms with van der Waals surface area (Å²) in [6, 6.07) is 4.54. The molecule has 0 fully saturated rings. The smallest absolute Gasteiger partial charge is 0.0931 e. The summed E-state index contributed by atoms with van der Waals surface area (Å²) in [6.07, 6.45) is 3.17. The van der Waals surface area contributed by atoms with E-state index in [1.807, 2.05) is 13.1 Å². The van der Waals surface area contributed by atoms with E-state index in [1.165, 1.54) is 4.88 Å². The molecule has 0 spiro atoms. The van der Waals surface area contributed by atoms with Gasteiger partial charge in [-0.3, -0.25) is 0 Å². The Morgan fingerprint density at radius 2 is 2.25 bits per heavy atom. The summed E-state index contributed by atoms with van der Waals surface area (Å²) in [5.41, 5.74) is 0. The molecule has 0 bridgehead atoms. The van der Waals surface area contributed by atoms with E-state index in [9.17, 15) is 0 Å². The molecule has 0 aliphatic carbocycles. The third-order valence-electron chi connectivity index (χ3n) is 2.44. The van der Waals surface area contributed by atoms with Gasteiger partial charge >= 0.3 is 0 Å². The largest absolute Gasteiger partial charge is 0.381 e. The fourth-order valence-electron chi connectivity index (χ4n) is 1.52. The monoisotopic (exact) mass is 261 g/mol. The number of halogens is 1. The molecular formula is C12H20ClNOS. The summed E-state index contributed by atoms with van der Waals surface area (Å²) >= 11 is 7.57. The van der Waals surface area contributed by atoms with E-state index in [4.69, 9.17) is 16.3 Å². The molecule has 2 nitrogen and oxygen atoms in total. The van der Waals surface area contributed by atoms with Gasteiger partial charge < -0.3 is 10.1 Å². The zero-order chi connectivity index (χ0) is 11.8. The standard InChI is InChI=1S/C12H20ClNOS/c1-3-7-15-8-6-10(14-2)9-11-4-5-12(13)16-11/h4-5,10,14H,3,6-9H2,1-2H3. The van der Waals surface area contributed by atoms with Gasteiger partial charge in [0.25, 0.3) is 0 Å². The summed E-state index contributed by atoms with van der Waals surface area (Å²) in [6.45, 7) is 3.82. The number of likely N-dealkylation sites (N-methyl/N-ethyl adjacent to an activating group) is 1. The molecule has 0 amide bonds. The molecule has 92 valence electrons. The quantitative estimate of drug-likeness (QED) is 0.725. The Hall–Kier alpha value is -0.0900. The predicted octanol–water partition coefficient (Wildman–Crippen LogP) is 3.35. The Bertz CT molecular complexity index is 290. The maximum absolute atomic E-state index is 5.91. The molecule has 0 aliphatic heterocycles. The van der Waals surface area contributed by atoms with Crippen LogP contribution in [0.4, 0.5) is 0 Å². The topological polar surface area (TPSA) is 21.3 Å². The highest BCUT2D eigenvalue weighted by Gasteiger charge is 2.08. The Morgan fingerprint density at radius 1 is 1.44 bits per heavy atom. The van der Waals surface area contributed by atoms with E-state index < -0.39 is 0 Å². The van der Waals surface area contributed by atoms with Crippen molar-refractivity contribution < 1.29 is 4.74 Å². The van der Waals surface area contributed by atoms with Crippen molar-refractivity contribution in [2.24, 2.45) is 0 Å². The van der Waals surface area contributed by atoms with Crippen molar-refractivity contribution in [3.05, 3.63) is 21.3 Å². The molecule has 4 heteroatoms. The molecule has 1 rings (SSSR count). The van der Waals surface area contributed by atoms with E-state index in [1.54, 1.807) is 11.3 Å². The Labute approximate surface area is 107 Å². The van der Waals surface area contributed by atoms with Crippen LogP contribution in [0.25, 0.3) is 0 Å². The molecule has 0 radical (unpaired) electrons. The van der Waals surface area contributed by atoms with E-state index >= 15 is 0 Å².